The third-order valence-electron chi connectivity index (χ3n) is 4.43. The molecular weight excluding hydrogens is 322 g/mol. The van der Waals surface area contributed by atoms with E-state index in [4.69, 9.17) is 5.11 Å². The lowest BCUT2D eigenvalue weighted by Crippen LogP contribution is -2.16. The second-order valence-electron chi connectivity index (χ2n) is 5.63. The summed E-state index contributed by atoms with van der Waals surface area (Å²) in [4.78, 5) is 23.1. The van der Waals surface area contributed by atoms with Gasteiger partial charge in [0.1, 0.15) is 0 Å². The normalized spacial score (nSPS) is 27.6. The Bertz CT molecular complexity index is 560. The highest BCUT2D eigenvalue weighted by molar-refractivity contribution is 9.10. The van der Waals surface area contributed by atoms with Crippen LogP contribution in [-0.2, 0) is 4.79 Å². The number of hydrogen-bond donors (Lipinski definition) is 2. The number of rotatable bonds is 3. The van der Waals surface area contributed by atoms with Gasteiger partial charge in [-0.25, -0.2) is 4.79 Å². The van der Waals surface area contributed by atoms with Crippen LogP contribution in [0.2, 0.25) is 0 Å². The van der Waals surface area contributed by atoms with Gasteiger partial charge in [0.15, 0.2) is 0 Å². The van der Waals surface area contributed by atoms with Gasteiger partial charge in [0.2, 0.25) is 5.91 Å². The van der Waals surface area contributed by atoms with Gasteiger partial charge in [-0.2, -0.15) is 0 Å². The summed E-state index contributed by atoms with van der Waals surface area (Å²) in [6, 6.07) is 4.65. The van der Waals surface area contributed by atoms with Crippen molar-refractivity contribution >= 4 is 33.5 Å². The third kappa shape index (κ3) is 2.46. The minimum atomic E-state index is -0.975. The molecule has 2 aliphatic rings. The van der Waals surface area contributed by atoms with Crippen LogP contribution in [0, 0.1) is 17.8 Å². The summed E-state index contributed by atoms with van der Waals surface area (Å²) in [5, 5.41) is 11.8. The predicted octanol–water partition coefficient (Wildman–Crippen LogP) is 3.52. The maximum Gasteiger partial charge on any atom is 0.335 e. The first-order valence-electron chi connectivity index (χ1n) is 6.91. The van der Waals surface area contributed by atoms with E-state index >= 15 is 0 Å². The first-order chi connectivity index (χ1) is 9.58. The summed E-state index contributed by atoms with van der Waals surface area (Å²) < 4.78 is 0.606. The van der Waals surface area contributed by atoms with Gasteiger partial charge in [-0.05, 0) is 58.8 Å². The topological polar surface area (TPSA) is 66.4 Å². The summed E-state index contributed by atoms with van der Waals surface area (Å²) in [5.74, 6) is 0.396. The molecule has 1 aromatic carbocycles. The molecule has 2 atom stereocenters. The van der Waals surface area contributed by atoms with Crippen LogP contribution in [0.5, 0.6) is 0 Å². The zero-order valence-electron chi connectivity index (χ0n) is 10.9. The van der Waals surface area contributed by atoms with E-state index in [1.807, 2.05) is 0 Å². The maximum atomic E-state index is 12.3. The SMILES string of the molecule is O=C(O)c1ccc(NC(=O)C2C3CCCCC32)c(Br)c1. The zero-order chi connectivity index (χ0) is 14.3. The molecule has 0 saturated heterocycles. The van der Waals surface area contributed by atoms with Crippen LogP contribution in [0.3, 0.4) is 0 Å². The number of carbonyl (C=O) groups is 2. The Morgan fingerprint density at radius 3 is 2.40 bits per heavy atom. The number of fused-ring (bicyclic) bond motifs is 1. The van der Waals surface area contributed by atoms with E-state index in [2.05, 4.69) is 21.2 Å². The lowest BCUT2D eigenvalue weighted by Gasteiger charge is -2.08. The molecule has 106 valence electrons. The average molecular weight is 338 g/mol. The quantitative estimate of drug-likeness (QED) is 0.886. The lowest BCUT2D eigenvalue weighted by atomic mass is 10.0. The Labute approximate surface area is 125 Å². The third-order valence-corrected chi connectivity index (χ3v) is 5.09. The van der Waals surface area contributed by atoms with Crippen LogP contribution in [0.25, 0.3) is 0 Å². The lowest BCUT2D eigenvalue weighted by molar-refractivity contribution is -0.117. The van der Waals surface area contributed by atoms with Crippen molar-refractivity contribution in [1.82, 2.24) is 0 Å². The van der Waals surface area contributed by atoms with E-state index in [1.165, 1.54) is 37.8 Å². The monoisotopic (exact) mass is 337 g/mol. The van der Waals surface area contributed by atoms with E-state index in [1.54, 1.807) is 6.07 Å². The highest BCUT2D eigenvalue weighted by Crippen LogP contribution is 2.55. The molecule has 1 aromatic rings. The standard InChI is InChI=1S/C15H16BrNO3/c16-11-7-8(15(19)20)5-6-12(11)17-14(18)13-9-3-1-2-4-10(9)13/h5-7,9-10,13H,1-4H2,(H,17,18)(H,19,20). The second kappa shape index (κ2) is 5.20. The highest BCUT2D eigenvalue weighted by Gasteiger charge is 2.54. The van der Waals surface area contributed by atoms with Crippen LogP contribution >= 0.6 is 15.9 Å². The minimum Gasteiger partial charge on any atom is -0.478 e. The smallest absolute Gasteiger partial charge is 0.335 e. The number of carboxylic acid groups (broad SMARTS) is 1. The molecule has 1 amide bonds. The summed E-state index contributed by atoms with van der Waals surface area (Å²) in [7, 11) is 0. The average Bonchev–Trinajstić information content (AvgIpc) is 3.15. The summed E-state index contributed by atoms with van der Waals surface area (Å²) in [6.07, 6.45) is 4.81. The van der Waals surface area contributed by atoms with Crippen LogP contribution in [0.4, 0.5) is 5.69 Å². The van der Waals surface area contributed by atoms with Crippen LogP contribution in [0.1, 0.15) is 36.0 Å². The van der Waals surface area contributed by atoms with Crippen molar-refractivity contribution in [2.75, 3.05) is 5.32 Å². The first kappa shape index (κ1) is 13.6. The molecule has 0 bridgehead atoms. The molecule has 2 fully saturated rings. The van der Waals surface area contributed by atoms with Crippen molar-refractivity contribution in [2.24, 2.45) is 17.8 Å². The van der Waals surface area contributed by atoms with Crippen molar-refractivity contribution in [2.45, 2.75) is 25.7 Å². The van der Waals surface area contributed by atoms with Gasteiger partial charge >= 0.3 is 5.97 Å². The Morgan fingerprint density at radius 1 is 1.20 bits per heavy atom. The number of hydrogen-bond acceptors (Lipinski definition) is 2. The first-order valence-corrected chi connectivity index (χ1v) is 7.71. The Balaban J connectivity index is 1.69. The van der Waals surface area contributed by atoms with Crippen molar-refractivity contribution in [3.8, 4) is 0 Å². The summed E-state index contributed by atoms with van der Waals surface area (Å²) >= 11 is 3.31. The molecule has 2 aliphatic carbocycles. The highest BCUT2D eigenvalue weighted by atomic mass is 79.9. The van der Waals surface area contributed by atoms with Crippen molar-refractivity contribution in [1.29, 1.82) is 0 Å². The molecule has 4 nitrogen and oxygen atoms in total. The van der Waals surface area contributed by atoms with E-state index in [0.717, 1.165) is 0 Å². The van der Waals surface area contributed by atoms with E-state index < -0.39 is 5.97 Å². The van der Waals surface area contributed by atoms with Gasteiger partial charge in [-0.3, -0.25) is 4.79 Å². The van der Waals surface area contributed by atoms with Crippen LogP contribution in [-0.4, -0.2) is 17.0 Å². The number of carbonyl (C=O) groups excluding carboxylic acids is 1. The van der Waals surface area contributed by atoms with Crippen molar-refractivity contribution in [3.63, 3.8) is 0 Å². The van der Waals surface area contributed by atoms with Crippen LogP contribution < -0.4 is 5.32 Å². The van der Waals surface area contributed by atoms with E-state index in [0.29, 0.717) is 22.0 Å². The molecule has 2 unspecified atom stereocenters. The van der Waals surface area contributed by atoms with E-state index in [9.17, 15) is 9.59 Å². The largest absolute Gasteiger partial charge is 0.478 e. The molecule has 0 aliphatic heterocycles. The molecule has 0 aromatic heterocycles. The van der Waals surface area contributed by atoms with Gasteiger partial charge in [0.25, 0.3) is 0 Å². The van der Waals surface area contributed by atoms with Gasteiger partial charge in [-0.1, -0.05) is 12.8 Å². The fraction of sp³-hybridized carbons (Fsp3) is 0.467. The zero-order valence-corrected chi connectivity index (χ0v) is 12.5. The van der Waals surface area contributed by atoms with Gasteiger partial charge < -0.3 is 10.4 Å². The Hall–Kier alpha value is -1.36. The number of benzene rings is 1. The fourth-order valence-electron chi connectivity index (χ4n) is 3.35. The molecule has 0 radical (unpaired) electrons. The van der Waals surface area contributed by atoms with Gasteiger partial charge in [-0.15, -0.1) is 0 Å². The van der Waals surface area contributed by atoms with Crippen molar-refractivity contribution in [3.05, 3.63) is 28.2 Å². The van der Waals surface area contributed by atoms with Crippen LogP contribution in [0.15, 0.2) is 22.7 Å². The molecule has 2 N–H and O–H groups in total. The number of anilines is 1. The molecule has 3 rings (SSSR count). The summed E-state index contributed by atoms with van der Waals surface area (Å²) in [5.41, 5.74) is 0.846. The predicted molar refractivity (Wildman–Crippen MR) is 78.7 cm³/mol. The number of carboxylic acids is 1. The van der Waals surface area contributed by atoms with Gasteiger partial charge in [0, 0.05) is 10.4 Å². The molecule has 2 saturated carbocycles. The van der Waals surface area contributed by atoms with Crippen molar-refractivity contribution < 1.29 is 14.7 Å². The minimum absolute atomic E-state index is 0.0747. The second-order valence-corrected chi connectivity index (χ2v) is 6.48. The molecule has 5 heteroatoms. The molecule has 20 heavy (non-hydrogen) atoms. The molecule has 0 heterocycles. The summed E-state index contributed by atoms with van der Waals surface area (Å²) in [6.45, 7) is 0. The van der Waals surface area contributed by atoms with Gasteiger partial charge in [0.05, 0.1) is 11.3 Å². The number of nitrogens with one attached hydrogen (secondary N) is 1. The number of amides is 1. The maximum absolute atomic E-state index is 12.3. The Morgan fingerprint density at radius 2 is 1.85 bits per heavy atom. The fourth-order valence-corrected chi connectivity index (χ4v) is 3.82. The molecular formula is C15H16BrNO3. The number of aromatic carboxylic acids is 1. The Kier molecular flexibility index (Phi) is 3.54. The van der Waals surface area contributed by atoms with E-state index in [-0.39, 0.29) is 17.4 Å². The number of halogens is 1. The molecule has 0 spiro atoms.